The lowest BCUT2D eigenvalue weighted by Crippen LogP contribution is -2.41. The van der Waals surface area contributed by atoms with Crippen molar-refractivity contribution in [2.24, 2.45) is 15.0 Å². The molecule has 7 heteroatoms. The van der Waals surface area contributed by atoms with Gasteiger partial charge < -0.3 is 5.11 Å². The zero-order valence-electron chi connectivity index (χ0n) is 11.9. The van der Waals surface area contributed by atoms with Gasteiger partial charge in [-0.1, -0.05) is 25.3 Å². The maximum absolute atomic E-state index is 12.6. The highest BCUT2D eigenvalue weighted by Crippen LogP contribution is 2.29. The summed E-state index contributed by atoms with van der Waals surface area (Å²) in [6.45, 7) is 7.09. The topological polar surface area (TPSA) is 94.7 Å². The van der Waals surface area contributed by atoms with Gasteiger partial charge in [-0.3, -0.25) is 24.5 Å². The van der Waals surface area contributed by atoms with E-state index in [0.29, 0.717) is 5.84 Å². The zero-order valence-corrected chi connectivity index (χ0v) is 11.9. The van der Waals surface area contributed by atoms with Gasteiger partial charge in [0.15, 0.2) is 6.04 Å². The van der Waals surface area contributed by atoms with Gasteiger partial charge in [0.1, 0.15) is 11.9 Å². The van der Waals surface area contributed by atoms with Crippen molar-refractivity contribution in [2.75, 3.05) is 0 Å². The Labute approximate surface area is 127 Å². The summed E-state index contributed by atoms with van der Waals surface area (Å²) < 4.78 is 0. The van der Waals surface area contributed by atoms with Gasteiger partial charge >= 0.3 is 5.97 Å². The van der Waals surface area contributed by atoms with Crippen molar-refractivity contribution in [1.82, 2.24) is 4.90 Å². The first-order chi connectivity index (χ1) is 10.6. The van der Waals surface area contributed by atoms with Crippen LogP contribution in [0.3, 0.4) is 0 Å². The van der Waals surface area contributed by atoms with E-state index in [-0.39, 0.29) is 12.3 Å². The molecule has 2 heterocycles. The molecule has 0 aliphatic carbocycles. The smallest absolute Gasteiger partial charge is 0.305 e. The van der Waals surface area contributed by atoms with Gasteiger partial charge in [-0.15, -0.1) is 0 Å². The first-order valence-electron chi connectivity index (χ1n) is 6.67. The summed E-state index contributed by atoms with van der Waals surface area (Å²) in [5.41, 5.74) is 0. The first kappa shape index (κ1) is 15.6. The summed E-state index contributed by atoms with van der Waals surface area (Å²) in [7, 11) is 0. The molecule has 0 bridgehead atoms. The van der Waals surface area contributed by atoms with Crippen LogP contribution in [0, 0.1) is 0 Å². The molecule has 0 aromatic rings. The van der Waals surface area contributed by atoms with Gasteiger partial charge in [0, 0.05) is 18.6 Å². The summed E-state index contributed by atoms with van der Waals surface area (Å²) in [5.74, 6) is -1.04. The molecule has 7 nitrogen and oxygen atoms in total. The minimum atomic E-state index is -1.01. The largest absolute Gasteiger partial charge is 0.481 e. The first-order valence-corrected chi connectivity index (χ1v) is 6.67. The van der Waals surface area contributed by atoms with E-state index in [0.717, 1.165) is 0 Å². The lowest BCUT2D eigenvalue weighted by atomic mass is 10.0. The SMILES string of the molecule is C=C/C=C\C(=N/C=C)N1C(=O)C2N=CC=NC2C1CC(=O)O. The van der Waals surface area contributed by atoms with Crippen molar-refractivity contribution in [3.05, 3.63) is 37.6 Å². The van der Waals surface area contributed by atoms with E-state index >= 15 is 0 Å². The van der Waals surface area contributed by atoms with E-state index in [1.807, 2.05) is 0 Å². The van der Waals surface area contributed by atoms with Crippen molar-refractivity contribution < 1.29 is 14.7 Å². The number of carboxylic acid groups (broad SMARTS) is 1. The monoisotopic (exact) mass is 300 g/mol. The van der Waals surface area contributed by atoms with Gasteiger partial charge in [-0.2, -0.15) is 0 Å². The summed E-state index contributed by atoms with van der Waals surface area (Å²) in [5, 5.41) is 9.13. The van der Waals surface area contributed by atoms with Crippen LogP contribution in [0.4, 0.5) is 0 Å². The molecule has 0 saturated carbocycles. The van der Waals surface area contributed by atoms with Crippen LogP contribution in [-0.2, 0) is 9.59 Å². The van der Waals surface area contributed by atoms with Gasteiger partial charge in [-0.25, -0.2) is 4.99 Å². The van der Waals surface area contributed by atoms with Gasteiger partial charge in [-0.05, 0) is 6.08 Å². The Balaban J connectivity index is 2.44. The molecule has 2 rings (SSSR count). The second-order valence-corrected chi connectivity index (χ2v) is 4.67. The second kappa shape index (κ2) is 6.75. The van der Waals surface area contributed by atoms with Gasteiger partial charge in [0.05, 0.1) is 12.5 Å². The van der Waals surface area contributed by atoms with Crippen LogP contribution in [0.5, 0.6) is 0 Å². The van der Waals surface area contributed by atoms with Crippen LogP contribution >= 0.6 is 0 Å². The molecule has 0 aromatic carbocycles. The van der Waals surface area contributed by atoms with Gasteiger partial charge in [0.2, 0.25) is 0 Å². The number of carbonyl (C=O) groups is 2. The Hall–Kier alpha value is -2.83. The third-order valence-electron chi connectivity index (χ3n) is 3.35. The summed E-state index contributed by atoms with van der Waals surface area (Å²) >= 11 is 0. The molecule has 3 atom stereocenters. The third kappa shape index (κ3) is 2.93. The molecular formula is C15H16N4O3. The lowest BCUT2D eigenvalue weighted by molar-refractivity contribution is -0.138. The molecule has 114 valence electrons. The summed E-state index contributed by atoms with van der Waals surface area (Å²) in [4.78, 5) is 37.5. The molecule has 2 aliphatic rings. The van der Waals surface area contributed by atoms with Crippen molar-refractivity contribution in [3.8, 4) is 0 Å². The number of amidine groups is 1. The molecule has 1 amide bonds. The number of allylic oxidation sites excluding steroid dienone is 2. The predicted octanol–water partition coefficient (Wildman–Crippen LogP) is 0.848. The number of fused-ring (bicyclic) bond motifs is 1. The fraction of sp³-hybridized carbons (Fsp3) is 0.267. The predicted molar refractivity (Wildman–Crippen MR) is 84.4 cm³/mol. The fourth-order valence-corrected chi connectivity index (χ4v) is 2.52. The number of carboxylic acids is 1. The van der Waals surface area contributed by atoms with Crippen molar-refractivity contribution in [3.63, 3.8) is 0 Å². The molecule has 3 unspecified atom stereocenters. The Bertz CT molecular complexity index is 618. The molecule has 0 aromatic heterocycles. The number of carbonyl (C=O) groups excluding carboxylic acids is 1. The maximum atomic E-state index is 12.6. The van der Waals surface area contributed by atoms with E-state index in [1.54, 1.807) is 12.2 Å². The van der Waals surface area contributed by atoms with Crippen molar-refractivity contribution in [2.45, 2.75) is 24.5 Å². The molecule has 0 radical (unpaired) electrons. The zero-order chi connectivity index (χ0) is 16.1. The number of likely N-dealkylation sites (tertiary alicyclic amines) is 1. The highest BCUT2D eigenvalue weighted by atomic mass is 16.4. The number of nitrogens with zero attached hydrogens (tertiary/aromatic N) is 4. The highest BCUT2D eigenvalue weighted by molar-refractivity contribution is 6.18. The molecule has 1 fully saturated rings. The number of amides is 1. The van der Waals surface area contributed by atoms with E-state index in [4.69, 9.17) is 5.11 Å². The second-order valence-electron chi connectivity index (χ2n) is 4.67. The van der Waals surface area contributed by atoms with E-state index in [9.17, 15) is 9.59 Å². The highest BCUT2D eigenvalue weighted by Gasteiger charge is 2.50. The number of hydrogen-bond donors (Lipinski definition) is 1. The lowest BCUT2D eigenvalue weighted by Gasteiger charge is -2.24. The van der Waals surface area contributed by atoms with E-state index < -0.39 is 24.1 Å². The summed E-state index contributed by atoms with van der Waals surface area (Å²) in [6.07, 6.45) is 8.71. The standard InChI is InChI=1S/C15H16N4O3/c1-3-5-6-11(16-4-2)19-10(9-12(20)21)13-14(15(19)22)18-8-7-17-13/h3-8,10,13-14H,1-2,9H2,(H,20,21)/b6-5-,16-11+. The third-order valence-corrected chi connectivity index (χ3v) is 3.35. The van der Waals surface area contributed by atoms with Crippen LogP contribution in [0.2, 0.25) is 0 Å². The quantitative estimate of drug-likeness (QED) is 0.463. The average molecular weight is 300 g/mol. The number of rotatable bonds is 5. The number of aliphatic imine (C=N–C) groups is 3. The van der Waals surface area contributed by atoms with E-state index in [1.165, 1.54) is 29.6 Å². The molecule has 2 aliphatic heterocycles. The average Bonchev–Trinajstić information content (AvgIpc) is 2.76. The molecule has 1 N–H and O–H groups in total. The van der Waals surface area contributed by atoms with Crippen molar-refractivity contribution >= 4 is 30.1 Å². The van der Waals surface area contributed by atoms with Gasteiger partial charge in [0.25, 0.3) is 5.91 Å². The minimum absolute atomic E-state index is 0.238. The Morgan fingerprint density at radius 2 is 2.14 bits per heavy atom. The normalized spacial score (nSPS) is 27.3. The van der Waals surface area contributed by atoms with Crippen LogP contribution in [0.15, 0.2) is 52.6 Å². The molecule has 1 saturated heterocycles. The number of aliphatic carboxylic acids is 1. The number of hydrogen-bond acceptors (Lipinski definition) is 5. The van der Waals surface area contributed by atoms with Crippen LogP contribution in [-0.4, -0.2) is 58.3 Å². The van der Waals surface area contributed by atoms with Crippen molar-refractivity contribution in [1.29, 1.82) is 0 Å². The van der Waals surface area contributed by atoms with E-state index in [2.05, 4.69) is 28.1 Å². The van der Waals surface area contributed by atoms with Crippen LogP contribution in [0.1, 0.15) is 6.42 Å². The Morgan fingerprint density at radius 3 is 2.77 bits per heavy atom. The minimum Gasteiger partial charge on any atom is -0.481 e. The fourth-order valence-electron chi connectivity index (χ4n) is 2.52. The molecule has 0 spiro atoms. The summed E-state index contributed by atoms with van der Waals surface area (Å²) in [6, 6.07) is -1.88. The Morgan fingerprint density at radius 1 is 1.41 bits per heavy atom. The van der Waals surface area contributed by atoms with Crippen LogP contribution < -0.4 is 0 Å². The Kier molecular flexibility index (Phi) is 4.77. The molecule has 22 heavy (non-hydrogen) atoms. The maximum Gasteiger partial charge on any atom is 0.305 e. The van der Waals surface area contributed by atoms with Crippen LogP contribution in [0.25, 0.3) is 0 Å². The molecular weight excluding hydrogens is 284 g/mol.